The summed E-state index contributed by atoms with van der Waals surface area (Å²) in [5.74, 6) is 0.457. The molecule has 126 valence electrons. The number of Topliss-reactive ketones (excluding diaryl/α,β-unsaturated/α-hetero) is 1. The molecule has 0 bridgehead atoms. The molecule has 1 heterocycles. The zero-order valence-corrected chi connectivity index (χ0v) is 13.7. The summed E-state index contributed by atoms with van der Waals surface area (Å²) in [6.45, 7) is 4.38. The molecule has 6 heteroatoms. The van der Waals surface area contributed by atoms with Crippen molar-refractivity contribution in [2.75, 3.05) is 25.1 Å². The van der Waals surface area contributed by atoms with E-state index < -0.39 is 0 Å². The fourth-order valence-corrected chi connectivity index (χ4v) is 2.77. The SMILES string of the molecule is CCOc1ccc(C(C)=O)cc1NC(=O)N1CCCC[C@@H]1CO. The molecule has 1 saturated heterocycles. The Morgan fingerprint density at radius 1 is 1.39 bits per heavy atom. The second-order valence-electron chi connectivity index (χ2n) is 5.66. The predicted molar refractivity (Wildman–Crippen MR) is 88.1 cm³/mol. The highest BCUT2D eigenvalue weighted by Gasteiger charge is 2.26. The zero-order valence-electron chi connectivity index (χ0n) is 13.7. The lowest BCUT2D eigenvalue weighted by molar-refractivity contribution is 0.101. The van der Waals surface area contributed by atoms with Gasteiger partial charge in [-0.1, -0.05) is 0 Å². The number of anilines is 1. The van der Waals surface area contributed by atoms with E-state index in [4.69, 9.17) is 4.74 Å². The number of piperidine rings is 1. The molecule has 0 saturated carbocycles. The molecule has 2 rings (SSSR count). The van der Waals surface area contributed by atoms with Crippen molar-refractivity contribution < 1.29 is 19.4 Å². The molecular formula is C17H24N2O4. The Balaban J connectivity index is 2.20. The highest BCUT2D eigenvalue weighted by Crippen LogP contribution is 2.27. The van der Waals surface area contributed by atoms with Crippen LogP contribution in [-0.4, -0.2) is 47.6 Å². The Kier molecular flexibility index (Phi) is 5.98. The van der Waals surface area contributed by atoms with E-state index in [0.717, 1.165) is 19.3 Å². The van der Waals surface area contributed by atoms with E-state index >= 15 is 0 Å². The summed E-state index contributed by atoms with van der Waals surface area (Å²) in [5, 5.41) is 12.3. The molecule has 1 atom stereocenters. The Labute approximate surface area is 136 Å². The summed E-state index contributed by atoms with van der Waals surface area (Å²) in [6, 6.07) is 4.57. The van der Waals surface area contributed by atoms with Crippen LogP contribution in [0.25, 0.3) is 0 Å². The maximum atomic E-state index is 12.5. The number of nitrogens with one attached hydrogen (secondary N) is 1. The largest absolute Gasteiger partial charge is 0.492 e. The third-order valence-electron chi connectivity index (χ3n) is 4.03. The smallest absolute Gasteiger partial charge is 0.322 e. The van der Waals surface area contributed by atoms with Gasteiger partial charge in [-0.15, -0.1) is 0 Å². The Hall–Kier alpha value is -2.08. The number of amides is 2. The van der Waals surface area contributed by atoms with Crippen LogP contribution < -0.4 is 10.1 Å². The maximum absolute atomic E-state index is 12.5. The summed E-state index contributed by atoms with van der Waals surface area (Å²) >= 11 is 0. The maximum Gasteiger partial charge on any atom is 0.322 e. The van der Waals surface area contributed by atoms with E-state index in [1.165, 1.54) is 6.92 Å². The van der Waals surface area contributed by atoms with Crippen molar-refractivity contribution in [1.29, 1.82) is 0 Å². The molecule has 23 heavy (non-hydrogen) atoms. The number of carbonyl (C=O) groups is 2. The third-order valence-corrected chi connectivity index (χ3v) is 4.03. The fourth-order valence-electron chi connectivity index (χ4n) is 2.77. The highest BCUT2D eigenvalue weighted by atomic mass is 16.5. The minimum atomic E-state index is -0.273. The molecule has 1 aromatic carbocycles. The quantitative estimate of drug-likeness (QED) is 0.818. The number of likely N-dealkylation sites (tertiary alicyclic amines) is 1. The van der Waals surface area contributed by atoms with Crippen LogP contribution in [0.15, 0.2) is 18.2 Å². The zero-order chi connectivity index (χ0) is 16.8. The standard InChI is InChI=1S/C17H24N2O4/c1-3-23-16-8-7-13(12(2)21)10-15(16)18-17(22)19-9-5-4-6-14(19)11-20/h7-8,10,14,20H,3-6,9,11H2,1-2H3,(H,18,22)/t14-/m1/s1. The first-order valence-corrected chi connectivity index (χ1v) is 8.03. The number of aliphatic hydroxyl groups excluding tert-OH is 1. The van der Waals surface area contributed by atoms with Gasteiger partial charge in [-0.25, -0.2) is 4.79 Å². The first-order chi connectivity index (χ1) is 11.1. The van der Waals surface area contributed by atoms with Crippen molar-refractivity contribution in [3.05, 3.63) is 23.8 Å². The number of rotatable bonds is 5. The molecule has 1 aliphatic heterocycles. The summed E-state index contributed by atoms with van der Waals surface area (Å²) in [4.78, 5) is 25.7. The fraction of sp³-hybridized carbons (Fsp3) is 0.529. The molecule has 6 nitrogen and oxygen atoms in total. The molecule has 0 unspecified atom stereocenters. The van der Waals surface area contributed by atoms with Crippen LogP contribution in [0.5, 0.6) is 5.75 Å². The van der Waals surface area contributed by atoms with Gasteiger partial charge in [-0.05, 0) is 51.3 Å². The lowest BCUT2D eigenvalue weighted by Gasteiger charge is -2.34. The molecular weight excluding hydrogens is 296 g/mol. The van der Waals surface area contributed by atoms with Crippen molar-refractivity contribution in [1.82, 2.24) is 4.90 Å². The number of ketones is 1. The van der Waals surface area contributed by atoms with Gasteiger partial charge in [0.15, 0.2) is 5.78 Å². The van der Waals surface area contributed by atoms with Gasteiger partial charge in [0.1, 0.15) is 5.75 Å². The van der Waals surface area contributed by atoms with Crippen LogP contribution in [0.1, 0.15) is 43.5 Å². The number of urea groups is 1. The molecule has 0 spiro atoms. The number of nitrogens with zero attached hydrogens (tertiary/aromatic N) is 1. The monoisotopic (exact) mass is 320 g/mol. The number of aliphatic hydroxyl groups is 1. The van der Waals surface area contributed by atoms with Crippen molar-refractivity contribution in [3.8, 4) is 5.75 Å². The normalized spacial score (nSPS) is 17.7. The minimum Gasteiger partial charge on any atom is -0.492 e. The van der Waals surface area contributed by atoms with Gasteiger partial charge in [-0.2, -0.15) is 0 Å². The molecule has 0 aromatic heterocycles. The topological polar surface area (TPSA) is 78.9 Å². The Bertz CT molecular complexity index is 574. The van der Waals surface area contributed by atoms with Crippen molar-refractivity contribution in [2.24, 2.45) is 0 Å². The van der Waals surface area contributed by atoms with Gasteiger partial charge in [0, 0.05) is 12.1 Å². The van der Waals surface area contributed by atoms with Gasteiger partial charge < -0.3 is 20.1 Å². The van der Waals surface area contributed by atoms with Gasteiger partial charge in [-0.3, -0.25) is 4.79 Å². The number of hydrogen-bond acceptors (Lipinski definition) is 4. The molecule has 0 aliphatic carbocycles. The summed E-state index contributed by atoms with van der Waals surface area (Å²) in [7, 11) is 0. The van der Waals surface area contributed by atoms with Crippen LogP contribution in [0.2, 0.25) is 0 Å². The van der Waals surface area contributed by atoms with Crippen LogP contribution in [0, 0.1) is 0 Å². The second kappa shape index (κ2) is 7.97. The van der Waals surface area contributed by atoms with E-state index in [-0.39, 0.29) is 24.5 Å². The third kappa shape index (κ3) is 4.22. The van der Waals surface area contributed by atoms with Gasteiger partial charge in [0.2, 0.25) is 0 Å². The highest BCUT2D eigenvalue weighted by molar-refractivity contribution is 5.98. The van der Waals surface area contributed by atoms with Gasteiger partial charge in [0.05, 0.1) is 24.9 Å². The van der Waals surface area contributed by atoms with Crippen LogP contribution in [0.4, 0.5) is 10.5 Å². The second-order valence-corrected chi connectivity index (χ2v) is 5.66. The van der Waals surface area contributed by atoms with E-state index in [0.29, 0.717) is 30.2 Å². The number of hydrogen-bond donors (Lipinski definition) is 2. The van der Waals surface area contributed by atoms with Gasteiger partial charge >= 0.3 is 6.03 Å². The van der Waals surface area contributed by atoms with E-state index in [1.54, 1.807) is 23.1 Å². The minimum absolute atomic E-state index is 0.0424. The first-order valence-electron chi connectivity index (χ1n) is 8.03. The molecule has 2 amide bonds. The molecule has 1 fully saturated rings. The number of ether oxygens (including phenoxy) is 1. The Morgan fingerprint density at radius 2 is 2.17 bits per heavy atom. The lowest BCUT2D eigenvalue weighted by Crippen LogP contribution is -2.47. The van der Waals surface area contributed by atoms with Crippen molar-refractivity contribution in [2.45, 2.75) is 39.2 Å². The summed E-state index contributed by atoms with van der Waals surface area (Å²) in [6.07, 6.45) is 2.74. The average molecular weight is 320 g/mol. The number of benzene rings is 1. The van der Waals surface area contributed by atoms with Crippen molar-refractivity contribution >= 4 is 17.5 Å². The van der Waals surface area contributed by atoms with E-state index in [9.17, 15) is 14.7 Å². The van der Waals surface area contributed by atoms with Gasteiger partial charge in [0.25, 0.3) is 0 Å². The molecule has 2 N–H and O–H groups in total. The summed E-state index contributed by atoms with van der Waals surface area (Å²) < 4.78 is 5.52. The predicted octanol–water partition coefficient (Wildman–Crippen LogP) is 2.67. The van der Waals surface area contributed by atoms with Crippen LogP contribution in [0.3, 0.4) is 0 Å². The summed E-state index contributed by atoms with van der Waals surface area (Å²) in [5.41, 5.74) is 0.993. The molecule has 1 aromatic rings. The average Bonchev–Trinajstić information content (AvgIpc) is 2.56. The molecule has 0 radical (unpaired) electrons. The Morgan fingerprint density at radius 3 is 2.83 bits per heavy atom. The molecule has 1 aliphatic rings. The van der Waals surface area contributed by atoms with Crippen LogP contribution >= 0.6 is 0 Å². The van der Waals surface area contributed by atoms with Crippen LogP contribution in [-0.2, 0) is 0 Å². The lowest BCUT2D eigenvalue weighted by atomic mass is 10.0. The number of carbonyl (C=O) groups excluding carboxylic acids is 2. The van der Waals surface area contributed by atoms with E-state index in [2.05, 4.69) is 5.32 Å². The van der Waals surface area contributed by atoms with E-state index in [1.807, 2.05) is 6.92 Å². The first kappa shape index (κ1) is 17.3. The van der Waals surface area contributed by atoms with Crippen molar-refractivity contribution in [3.63, 3.8) is 0 Å².